The summed E-state index contributed by atoms with van der Waals surface area (Å²) in [5, 5.41) is 2.52. The first-order valence-corrected chi connectivity index (χ1v) is 7.23. The number of hydrogen-bond donors (Lipinski definition) is 1. The predicted octanol–water partition coefficient (Wildman–Crippen LogP) is 2.55. The fourth-order valence-electron chi connectivity index (χ4n) is 1.60. The van der Waals surface area contributed by atoms with Crippen molar-refractivity contribution in [3.05, 3.63) is 29.8 Å². The Morgan fingerprint density at radius 1 is 1.19 bits per heavy atom. The zero-order chi connectivity index (χ0) is 15.7. The number of amides is 1. The second-order valence-electron chi connectivity index (χ2n) is 4.95. The van der Waals surface area contributed by atoms with Gasteiger partial charge in [-0.15, -0.1) is 0 Å². The number of carbonyl (C=O) groups excluding carboxylic acids is 2. The van der Waals surface area contributed by atoms with Crippen molar-refractivity contribution in [2.24, 2.45) is 0 Å². The summed E-state index contributed by atoms with van der Waals surface area (Å²) in [5.41, 5.74) is 0.482. The second kappa shape index (κ2) is 9.00. The molecule has 1 aromatic carbocycles. The van der Waals surface area contributed by atoms with Gasteiger partial charge < -0.3 is 14.8 Å². The number of carbonyl (C=O) groups is 2. The van der Waals surface area contributed by atoms with Crippen LogP contribution in [0.5, 0.6) is 5.75 Å². The van der Waals surface area contributed by atoms with Crippen LogP contribution in [0.4, 0.5) is 0 Å². The van der Waals surface area contributed by atoms with Crippen LogP contribution >= 0.6 is 0 Å². The van der Waals surface area contributed by atoms with Crippen molar-refractivity contribution in [3.63, 3.8) is 0 Å². The monoisotopic (exact) mass is 293 g/mol. The Hall–Kier alpha value is -2.04. The number of rotatable bonds is 8. The quantitative estimate of drug-likeness (QED) is 0.591. The third-order valence-electron chi connectivity index (χ3n) is 2.64. The zero-order valence-electron chi connectivity index (χ0n) is 12.8. The number of unbranched alkanes of at least 4 members (excludes halogenated alkanes) is 1. The average molecular weight is 293 g/mol. The van der Waals surface area contributed by atoms with Crippen LogP contribution in [0.1, 0.15) is 44.0 Å². The summed E-state index contributed by atoms with van der Waals surface area (Å²) in [7, 11) is 0. The molecule has 5 nitrogen and oxygen atoms in total. The van der Waals surface area contributed by atoms with Gasteiger partial charge in [-0.05, 0) is 44.5 Å². The molecule has 0 bridgehead atoms. The molecule has 0 radical (unpaired) electrons. The molecule has 0 fully saturated rings. The first kappa shape index (κ1) is 17.0. The Labute approximate surface area is 125 Å². The van der Waals surface area contributed by atoms with Crippen LogP contribution in [0.2, 0.25) is 0 Å². The molecule has 21 heavy (non-hydrogen) atoms. The van der Waals surface area contributed by atoms with Crippen LogP contribution in [0.15, 0.2) is 24.3 Å². The maximum Gasteiger partial charge on any atom is 0.325 e. The predicted molar refractivity (Wildman–Crippen MR) is 80.4 cm³/mol. The van der Waals surface area contributed by atoms with Crippen molar-refractivity contribution < 1.29 is 19.1 Å². The molecule has 0 spiro atoms. The van der Waals surface area contributed by atoms with E-state index in [-0.39, 0.29) is 18.6 Å². The van der Waals surface area contributed by atoms with Gasteiger partial charge in [0.25, 0.3) is 5.91 Å². The molecular weight excluding hydrogens is 270 g/mol. The SMILES string of the molecule is CCCCOc1ccc(C(=O)NCC(=O)OC(C)C)cc1. The number of benzene rings is 1. The van der Waals surface area contributed by atoms with E-state index in [0.717, 1.165) is 18.6 Å². The van der Waals surface area contributed by atoms with Gasteiger partial charge in [-0.1, -0.05) is 13.3 Å². The largest absolute Gasteiger partial charge is 0.494 e. The van der Waals surface area contributed by atoms with Crippen LogP contribution in [-0.4, -0.2) is 31.1 Å². The van der Waals surface area contributed by atoms with E-state index in [0.29, 0.717) is 12.2 Å². The fraction of sp³-hybridized carbons (Fsp3) is 0.500. The molecule has 0 aliphatic carbocycles. The van der Waals surface area contributed by atoms with Gasteiger partial charge in [0.2, 0.25) is 0 Å². The first-order chi connectivity index (χ1) is 10.0. The Morgan fingerprint density at radius 3 is 2.43 bits per heavy atom. The summed E-state index contributed by atoms with van der Waals surface area (Å²) in [6.07, 6.45) is 1.89. The highest BCUT2D eigenvalue weighted by molar-refractivity contribution is 5.96. The van der Waals surface area contributed by atoms with E-state index in [4.69, 9.17) is 9.47 Å². The lowest BCUT2D eigenvalue weighted by molar-refractivity contribution is -0.146. The molecule has 1 rings (SSSR count). The van der Waals surface area contributed by atoms with E-state index in [1.165, 1.54) is 0 Å². The smallest absolute Gasteiger partial charge is 0.325 e. The fourth-order valence-corrected chi connectivity index (χ4v) is 1.60. The molecule has 1 N–H and O–H groups in total. The van der Waals surface area contributed by atoms with E-state index in [9.17, 15) is 9.59 Å². The van der Waals surface area contributed by atoms with Gasteiger partial charge in [0, 0.05) is 5.56 Å². The number of nitrogens with one attached hydrogen (secondary N) is 1. The van der Waals surface area contributed by atoms with E-state index in [2.05, 4.69) is 12.2 Å². The highest BCUT2D eigenvalue weighted by atomic mass is 16.5. The standard InChI is InChI=1S/C16H23NO4/c1-4-5-10-20-14-8-6-13(7-9-14)16(19)17-11-15(18)21-12(2)3/h6-9,12H,4-5,10-11H2,1-3H3,(H,17,19). The molecule has 0 unspecified atom stereocenters. The van der Waals surface area contributed by atoms with Crippen molar-refractivity contribution in [3.8, 4) is 5.75 Å². The van der Waals surface area contributed by atoms with Crippen LogP contribution < -0.4 is 10.1 Å². The summed E-state index contributed by atoms with van der Waals surface area (Å²) in [6, 6.07) is 6.84. The van der Waals surface area contributed by atoms with Crippen LogP contribution in [0.3, 0.4) is 0 Å². The van der Waals surface area contributed by atoms with Crippen LogP contribution in [-0.2, 0) is 9.53 Å². The Kier molecular flexibility index (Phi) is 7.29. The molecular formula is C16H23NO4. The van der Waals surface area contributed by atoms with Gasteiger partial charge in [0.1, 0.15) is 12.3 Å². The maximum absolute atomic E-state index is 11.8. The van der Waals surface area contributed by atoms with Crippen molar-refractivity contribution in [2.45, 2.75) is 39.7 Å². The molecule has 0 saturated carbocycles. The lowest BCUT2D eigenvalue weighted by atomic mass is 10.2. The molecule has 0 atom stereocenters. The summed E-state index contributed by atoms with van der Waals surface area (Å²) in [5.74, 6) is -0.0205. The minimum Gasteiger partial charge on any atom is -0.494 e. The summed E-state index contributed by atoms with van der Waals surface area (Å²) in [6.45, 7) is 6.16. The van der Waals surface area contributed by atoms with Crippen molar-refractivity contribution >= 4 is 11.9 Å². The molecule has 0 saturated heterocycles. The summed E-state index contributed by atoms with van der Waals surface area (Å²) in [4.78, 5) is 23.2. The molecule has 1 aromatic rings. The van der Waals surface area contributed by atoms with Gasteiger partial charge in [-0.2, -0.15) is 0 Å². The number of hydrogen-bond acceptors (Lipinski definition) is 4. The maximum atomic E-state index is 11.8. The second-order valence-corrected chi connectivity index (χ2v) is 4.95. The lowest BCUT2D eigenvalue weighted by Crippen LogP contribution is -2.31. The van der Waals surface area contributed by atoms with E-state index in [1.807, 2.05) is 0 Å². The first-order valence-electron chi connectivity index (χ1n) is 7.23. The minimum atomic E-state index is -0.446. The Bertz CT molecular complexity index is 454. The third-order valence-corrected chi connectivity index (χ3v) is 2.64. The molecule has 0 heterocycles. The molecule has 116 valence electrons. The van der Waals surface area contributed by atoms with Crippen LogP contribution in [0, 0.1) is 0 Å². The topological polar surface area (TPSA) is 64.6 Å². The minimum absolute atomic E-state index is 0.133. The average Bonchev–Trinajstić information content (AvgIpc) is 2.45. The number of esters is 1. The lowest BCUT2D eigenvalue weighted by Gasteiger charge is -2.09. The van der Waals surface area contributed by atoms with Crippen LogP contribution in [0.25, 0.3) is 0 Å². The Balaban J connectivity index is 2.42. The zero-order valence-corrected chi connectivity index (χ0v) is 12.8. The summed E-state index contributed by atoms with van der Waals surface area (Å²) < 4.78 is 10.5. The normalized spacial score (nSPS) is 10.3. The molecule has 0 aromatic heterocycles. The Morgan fingerprint density at radius 2 is 1.86 bits per heavy atom. The number of ether oxygens (including phenoxy) is 2. The summed E-state index contributed by atoms with van der Waals surface area (Å²) >= 11 is 0. The van der Waals surface area contributed by atoms with E-state index < -0.39 is 5.97 Å². The van der Waals surface area contributed by atoms with Gasteiger partial charge in [-0.3, -0.25) is 9.59 Å². The van der Waals surface area contributed by atoms with Gasteiger partial charge in [0.05, 0.1) is 12.7 Å². The molecule has 0 aliphatic heterocycles. The van der Waals surface area contributed by atoms with E-state index >= 15 is 0 Å². The van der Waals surface area contributed by atoms with Crippen molar-refractivity contribution in [2.75, 3.05) is 13.2 Å². The third kappa shape index (κ3) is 6.79. The molecule has 5 heteroatoms. The van der Waals surface area contributed by atoms with E-state index in [1.54, 1.807) is 38.1 Å². The highest BCUT2D eigenvalue weighted by Crippen LogP contribution is 2.12. The molecule has 1 amide bonds. The van der Waals surface area contributed by atoms with Crippen molar-refractivity contribution in [1.29, 1.82) is 0 Å². The molecule has 0 aliphatic rings. The van der Waals surface area contributed by atoms with Gasteiger partial charge in [-0.25, -0.2) is 0 Å². The van der Waals surface area contributed by atoms with Crippen molar-refractivity contribution in [1.82, 2.24) is 5.32 Å². The van der Waals surface area contributed by atoms with Gasteiger partial charge >= 0.3 is 5.97 Å². The van der Waals surface area contributed by atoms with Gasteiger partial charge in [0.15, 0.2) is 0 Å². The highest BCUT2D eigenvalue weighted by Gasteiger charge is 2.10.